The third-order valence-electron chi connectivity index (χ3n) is 5.45. The molecule has 39 heavy (non-hydrogen) atoms. The summed E-state index contributed by atoms with van der Waals surface area (Å²) in [7, 11) is -2.99. The van der Waals surface area contributed by atoms with Crippen LogP contribution in [0.5, 0.6) is 5.75 Å². The zero-order chi connectivity index (χ0) is 28.2. The smallest absolute Gasteiger partial charge is 0.442 e. The van der Waals surface area contributed by atoms with Gasteiger partial charge in [0.25, 0.3) is 0 Å². The lowest BCUT2D eigenvalue weighted by Crippen LogP contribution is -2.22. The van der Waals surface area contributed by atoms with Crippen LogP contribution in [0.1, 0.15) is 39.2 Å². The van der Waals surface area contributed by atoms with E-state index in [9.17, 15) is 17.8 Å². The molecule has 0 aliphatic carbocycles. The molecule has 1 atom stereocenters. The fraction of sp³-hybridized carbons (Fsp3) is 0.370. The number of aromatic nitrogens is 2. The van der Waals surface area contributed by atoms with Crippen LogP contribution >= 0.6 is 0 Å². The van der Waals surface area contributed by atoms with Crippen molar-refractivity contribution in [2.45, 2.75) is 45.0 Å². The molecule has 1 aromatic heterocycles. The van der Waals surface area contributed by atoms with Crippen LogP contribution in [-0.2, 0) is 20.2 Å². The summed E-state index contributed by atoms with van der Waals surface area (Å²) < 4.78 is 56.9. The molecule has 0 fully saturated rings. The maximum Gasteiger partial charge on any atom is 0.442 e. The minimum absolute atomic E-state index is 0.00485. The Kier molecular flexibility index (Phi) is 8.34. The number of anilines is 3. The van der Waals surface area contributed by atoms with E-state index in [1.165, 1.54) is 24.5 Å². The molecule has 0 saturated carbocycles. The van der Waals surface area contributed by atoms with Crippen LogP contribution in [0.4, 0.5) is 30.9 Å². The quantitative estimate of drug-likeness (QED) is 0.377. The predicted octanol–water partition coefficient (Wildman–Crippen LogP) is 6.28. The molecule has 12 heteroatoms. The Balaban J connectivity index is 1.70. The molecule has 1 unspecified atom stereocenters. The molecule has 3 aromatic rings. The summed E-state index contributed by atoms with van der Waals surface area (Å²) in [6.07, 6.45) is 2.92. The van der Waals surface area contributed by atoms with Crippen molar-refractivity contribution in [3.8, 4) is 17.0 Å². The molecule has 4 rings (SSSR count). The number of nitrogens with one attached hydrogen (secondary N) is 2. The van der Waals surface area contributed by atoms with Crippen LogP contribution in [-0.4, -0.2) is 45.3 Å². The highest BCUT2D eigenvalue weighted by molar-refractivity contribution is 7.92. The number of nitrogens with zero attached hydrogens (tertiary/aromatic N) is 3. The Labute approximate surface area is 226 Å². The van der Waals surface area contributed by atoms with Gasteiger partial charge in [-0.15, -0.1) is 4.36 Å². The summed E-state index contributed by atoms with van der Waals surface area (Å²) in [5.41, 5.74) is 1.15. The third kappa shape index (κ3) is 8.09. The van der Waals surface area contributed by atoms with E-state index < -0.39 is 33.1 Å². The first kappa shape index (κ1) is 28.2. The van der Waals surface area contributed by atoms with Crippen molar-refractivity contribution in [1.82, 2.24) is 9.97 Å². The molecule has 0 saturated heterocycles. The molecular formula is C27H31F2N5O4S. The number of carbonyl (C=O) groups excluding carboxylic acids is 1. The first-order chi connectivity index (χ1) is 18.4. The number of amides is 1. The summed E-state index contributed by atoms with van der Waals surface area (Å²) >= 11 is 0. The number of hydrogen-bond donors (Lipinski definition) is 2. The first-order valence-corrected chi connectivity index (χ1v) is 14.5. The average Bonchev–Trinajstić information content (AvgIpc) is 2.80. The van der Waals surface area contributed by atoms with Gasteiger partial charge in [0.2, 0.25) is 5.95 Å². The molecule has 2 aromatic carbocycles. The number of halogens is 2. The molecule has 2 N–H and O–H groups in total. The highest BCUT2D eigenvalue weighted by atomic mass is 32.2. The molecule has 4 bridgehead atoms. The first-order valence-electron chi connectivity index (χ1n) is 12.4. The molecule has 2 heterocycles. The number of benzene rings is 2. The van der Waals surface area contributed by atoms with E-state index in [0.29, 0.717) is 54.2 Å². The number of fused-ring (bicyclic) bond motifs is 6. The summed E-state index contributed by atoms with van der Waals surface area (Å²) in [4.78, 5) is 20.6. The zero-order valence-corrected chi connectivity index (χ0v) is 23.0. The van der Waals surface area contributed by atoms with Crippen molar-refractivity contribution in [1.29, 1.82) is 0 Å². The van der Waals surface area contributed by atoms with Gasteiger partial charge in [-0.3, -0.25) is 0 Å². The van der Waals surface area contributed by atoms with E-state index >= 15 is 0 Å². The van der Waals surface area contributed by atoms with Crippen LogP contribution in [0, 0.1) is 11.6 Å². The summed E-state index contributed by atoms with van der Waals surface area (Å²) in [6.45, 7) is 6.00. The van der Waals surface area contributed by atoms with E-state index in [2.05, 4.69) is 25.0 Å². The van der Waals surface area contributed by atoms with Gasteiger partial charge in [0, 0.05) is 35.8 Å². The van der Waals surface area contributed by atoms with Gasteiger partial charge < -0.3 is 20.1 Å². The Morgan fingerprint density at radius 1 is 1.18 bits per heavy atom. The molecular weight excluding hydrogens is 528 g/mol. The normalized spacial score (nSPS) is 15.1. The van der Waals surface area contributed by atoms with Gasteiger partial charge in [-0.05, 0) is 69.5 Å². The predicted molar refractivity (Wildman–Crippen MR) is 147 cm³/mol. The SMILES string of the molecule is CC(C)(C)OC(=O)N=S(C)(=O)Cc1cc2cc(c1)OCCCCNc1cc(F)ccc1-c1nc(ncc1F)N2. The van der Waals surface area contributed by atoms with Gasteiger partial charge in [0.1, 0.15) is 22.9 Å². The summed E-state index contributed by atoms with van der Waals surface area (Å²) in [5.74, 6) is -0.568. The van der Waals surface area contributed by atoms with Gasteiger partial charge in [0.15, 0.2) is 5.82 Å². The highest BCUT2D eigenvalue weighted by Gasteiger charge is 2.19. The second-order valence-corrected chi connectivity index (χ2v) is 12.6. The molecule has 1 aliphatic heterocycles. The minimum atomic E-state index is -2.99. The minimum Gasteiger partial charge on any atom is -0.494 e. The molecule has 0 spiro atoms. The standard InChI is InChI=1S/C27H31F2N5O4S/c1-27(2,3)38-26(35)34-39(4,36)16-17-11-19-14-20(12-17)37-10-6-5-9-30-23-13-18(28)7-8-21(23)24-22(29)15-31-25(32-19)33-24/h7-8,11-15,30H,5-6,9-10,16H2,1-4H3,(H,31,32,33). The largest absolute Gasteiger partial charge is 0.494 e. The Bertz CT molecular complexity index is 1500. The van der Waals surface area contributed by atoms with E-state index in [-0.39, 0.29) is 17.4 Å². The van der Waals surface area contributed by atoms with Gasteiger partial charge >= 0.3 is 6.09 Å². The number of ether oxygens (including phenoxy) is 2. The maximum atomic E-state index is 14.8. The molecule has 1 amide bonds. The second-order valence-electron chi connectivity index (χ2n) is 10.2. The zero-order valence-electron chi connectivity index (χ0n) is 22.2. The van der Waals surface area contributed by atoms with Crippen molar-refractivity contribution >= 4 is 33.1 Å². The Morgan fingerprint density at radius 2 is 1.97 bits per heavy atom. The van der Waals surface area contributed by atoms with Crippen LogP contribution < -0.4 is 15.4 Å². The van der Waals surface area contributed by atoms with Crippen molar-refractivity contribution in [3.05, 3.63) is 59.8 Å². The van der Waals surface area contributed by atoms with E-state index in [4.69, 9.17) is 9.47 Å². The molecule has 208 valence electrons. The number of rotatable bonds is 2. The van der Waals surface area contributed by atoms with Crippen LogP contribution in [0.15, 0.2) is 47.0 Å². The highest BCUT2D eigenvalue weighted by Crippen LogP contribution is 2.31. The molecule has 0 radical (unpaired) electrons. The molecule has 9 nitrogen and oxygen atoms in total. The van der Waals surface area contributed by atoms with Crippen molar-refractivity contribution < 1.29 is 27.3 Å². The van der Waals surface area contributed by atoms with Crippen molar-refractivity contribution in [3.63, 3.8) is 0 Å². The van der Waals surface area contributed by atoms with E-state index in [0.717, 1.165) is 6.20 Å². The average molecular weight is 560 g/mol. The lowest BCUT2D eigenvalue weighted by atomic mass is 10.1. The third-order valence-corrected chi connectivity index (χ3v) is 6.86. The van der Waals surface area contributed by atoms with E-state index in [1.807, 2.05) is 0 Å². The lowest BCUT2D eigenvalue weighted by Gasteiger charge is -2.17. The summed E-state index contributed by atoms with van der Waals surface area (Å²) in [5, 5.41) is 6.20. The monoisotopic (exact) mass is 559 g/mol. The molecule has 1 aliphatic rings. The fourth-order valence-corrected chi connectivity index (χ4v) is 5.14. The Hall–Kier alpha value is -3.80. The van der Waals surface area contributed by atoms with Gasteiger partial charge in [-0.1, -0.05) is 0 Å². The van der Waals surface area contributed by atoms with Gasteiger partial charge in [-0.25, -0.2) is 27.8 Å². The van der Waals surface area contributed by atoms with Gasteiger partial charge in [-0.2, -0.15) is 0 Å². The van der Waals surface area contributed by atoms with Crippen LogP contribution in [0.3, 0.4) is 0 Å². The number of carbonyl (C=O) groups is 1. The topological polar surface area (TPSA) is 115 Å². The van der Waals surface area contributed by atoms with Crippen molar-refractivity contribution in [2.24, 2.45) is 4.36 Å². The Morgan fingerprint density at radius 3 is 2.74 bits per heavy atom. The summed E-state index contributed by atoms with van der Waals surface area (Å²) in [6, 6.07) is 9.18. The van der Waals surface area contributed by atoms with Crippen molar-refractivity contribution in [2.75, 3.05) is 30.0 Å². The fourth-order valence-electron chi connectivity index (χ4n) is 3.93. The van der Waals surface area contributed by atoms with Gasteiger partial charge in [0.05, 0.1) is 28.3 Å². The maximum absolute atomic E-state index is 14.8. The van der Waals surface area contributed by atoms with Crippen LogP contribution in [0.2, 0.25) is 0 Å². The van der Waals surface area contributed by atoms with Crippen LogP contribution in [0.25, 0.3) is 11.3 Å². The lowest BCUT2D eigenvalue weighted by molar-refractivity contribution is 0.0607. The van der Waals surface area contributed by atoms with E-state index in [1.54, 1.807) is 39.0 Å². The second kappa shape index (κ2) is 11.5. The number of hydrogen-bond acceptors (Lipinski definition) is 8.